The van der Waals surface area contributed by atoms with E-state index in [0.717, 1.165) is 17.8 Å². The number of hydrogen-bond donors (Lipinski definition) is 15. The number of unbranched alkanes of at least 4 members (excludes halogenated alkanes) is 2. The average Bonchev–Trinajstić information content (AvgIpc) is 3.77. The summed E-state index contributed by atoms with van der Waals surface area (Å²) in [4.78, 5) is 136. The number of phenols is 1. The number of primary amides is 1. The van der Waals surface area contributed by atoms with Crippen molar-refractivity contribution in [2.45, 2.75) is 134 Å². The number of H-pyrrole nitrogens is 1. The maximum atomic E-state index is 14.5. The minimum atomic E-state index is -1.56. The Morgan fingerprint density at radius 3 is 1.57 bits per heavy atom. The molecule has 1 heterocycles. The molecule has 18 N–H and O–H groups in total. The molecule has 0 fully saturated rings. The molecule has 0 bridgehead atoms. The van der Waals surface area contributed by atoms with Gasteiger partial charge >= 0.3 is 5.97 Å². The normalized spacial score (nSPS) is 13.9. The van der Waals surface area contributed by atoms with Gasteiger partial charge in [0, 0.05) is 43.3 Å². The fourth-order valence-corrected chi connectivity index (χ4v) is 7.94. The van der Waals surface area contributed by atoms with Crippen LogP contribution in [-0.2, 0) is 60.8 Å². The lowest BCUT2D eigenvalue weighted by Gasteiger charge is -2.28. The van der Waals surface area contributed by atoms with Crippen molar-refractivity contribution < 1.29 is 63.3 Å². The number of phenolic OH excluding ortho intramolecular Hbond substituents is 1. The highest BCUT2D eigenvalue weighted by Gasteiger charge is 2.35. The molecule has 0 radical (unpaired) electrons. The summed E-state index contributed by atoms with van der Waals surface area (Å²) in [5.41, 5.74) is 18.7. The monoisotopic (exact) mass is 1050 g/mol. The first-order valence-corrected chi connectivity index (χ1v) is 24.9. The number of fused-ring (bicyclic) bond motifs is 1. The molecule has 25 heteroatoms. The SMILES string of the molecule is CC(=O)N[C@@H](CO)C(=O)N[C@@H](CCC(=O)O)C(=O)N[C@@H](CCCCN)C(=O)N[C@@H](CCCCN)C(=O)N[C@@H](Cc1ccc(O)cc1)C(=O)N[C@@H](CC(C)C)C(=O)N[C@@H](Cc1c[nH]c2ccccc12)C(=O)NCC(N)=O. The number of aromatic nitrogens is 1. The van der Waals surface area contributed by atoms with Crippen molar-refractivity contribution in [2.75, 3.05) is 26.2 Å². The van der Waals surface area contributed by atoms with Crippen molar-refractivity contribution in [3.63, 3.8) is 0 Å². The molecule has 412 valence electrons. The van der Waals surface area contributed by atoms with Gasteiger partial charge in [0.1, 0.15) is 48.0 Å². The van der Waals surface area contributed by atoms with Gasteiger partial charge in [0.2, 0.25) is 53.2 Å². The van der Waals surface area contributed by atoms with Gasteiger partial charge in [-0.15, -0.1) is 0 Å². The van der Waals surface area contributed by atoms with Crippen molar-refractivity contribution in [3.05, 3.63) is 65.9 Å². The molecular formula is C50H74N12O13. The maximum Gasteiger partial charge on any atom is 0.303 e. The maximum absolute atomic E-state index is 14.5. The Morgan fingerprint density at radius 1 is 0.587 bits per heavy atom. The number of aliphatic hydroxyl groups is 1. The number of benzene rings is 2. The van der Waals surface area contributed by atoms with Crippen LogP contribution >= 0.6 is 0 Å². The summed E-state index contributed by atoms with van der Waals surface area (Å²) in [6, 6.07) is 3.33. The molecule has 9 amide bonds. The Kier molecular flexibility index (Phi) is 26.2. The first-order valence-electron chi connectivity index (χ1n) is 24.9. The molecule has 0 saturated carbocycles. The predicted octanol–water partition coefficient (Wildman–Crippen LogP) is -2.17. The number of carboxylic acids is 1. The van der Waals surface area contributed by atoms with Crippen LogP contribution in [0.15, 0.2) is 54.7 Å². The number of hydrogen-bond acceptors (Lipinski definition) is 14. The number of aliphatic carboxylic acids is 1. The first-order chi connectivity index (χ1) is 35.6. The van der Waals surface area contributed by atoms with Crippen LogP contribution in [-0.4, -0.2) is 148 Å². The first kappa shape index (κ1) is 61.7. The molecule has 7 atom stereocenters. The molecule has 0 spiro atoms. The lowest BCUT2D eigenvalue weighted by atomic mass is 9.99. The van der Waals surface area contributed by atoms with Crippen LogP contribution in [0.2, 0.25) is 0 Å². The Morgan fingerprint density at radius 2 is 1.07 bits per heavy atom. The standard InChI is InChI=1S/C50H74N12O13/c1-28(2)22-38(48(73)62-40(44(69)55-26-42(53)66)24-31-25-54-34-11-5-4-10-33(31)34)60-49(74)39(23-30-14-16-32(65)17-15-30)61-46(71)36(13-7-9-21-52)57-45(70)35(12-6-8-20-51)58-47(72)37(18-19-43(67)68)59-50(75)41(27-63)56-29(3)64/h4-5,10-11,14-17,25,28,35-41,54,63,65H,6-9,12-13,18-24,26-27,51-52H2,1-3H3,(H2,53,66)(H,55,69)(H,56,64)(H,57,70)(H,58,72)(H,59,75)(H,60,74)(H,61,71)(H,62,73)(H,67,68)/t35-,36-,37-,38-,39-,40-,41-/m0/s1. The largest absolute Gasteiger partial charge is 0.508 e. The van der Waals surface area contributed by atoms with Crippen molar-refractivity contribution in [1.29, 1.82) is 0 Å². The minimum Gasteiger partial charge on any atom is -0.508 e. The second-order valence-corrected chi connectivity index (χ2v) is 18.6. The zero-order valence-electron chi connectivity index (χ0n) is 42.6. The number of para-hydroxylation sites is 1. The van der Waals surface area contributed by atoms with Gasteiger partial charge in [0.05, 0.1) is 13.2 Å². The van der Waals surface area contributed by atoms with Crippen LogP contribution in [0.4, 0.5) is 0 Å². The highest BCUT2D eigenvalue weighted by Crippen LogP contribution is 2.20. The predicted molar refractivity (Wildman–Crippen MR) is 274 cm³/mol. The van der Waals surface area contributed by atoms with E-state index >= 15 is 0 Å². The zero-order valence-corrected chi connectivity index (χ0v) is 42.6. The van der Waals surface area contributed by atoms with Crippen molar-refractivity contribution >= 4 is 70.0 Å². The lowest BCUT2D eigenvalue weighted by molar-refractivity contribution is -0.138. The molecule has 2 aromatic carbocycles. The summed E-state index contributed by atoms with van der Waals surface area (Å²) in [6.45, 7) is 3.79. The van der Waals surface area contributed by atoms with Gasteiger partial charge in [0.15, 0.2) is 0 Å². The summed E-state index contributed by atoms with van der Waals surface area (Å²) < 4.78 is 0. The molecular weight excluding hydrogens is 977 g/mol. The highest BCUT2D eigenvalue weighted by atomic mass is 16.4. The Balaban J connectivity index is 1.97. The van der Waals surface area contributed by atoms with E-state index in [2.05, 4.69) is 47.5 Å². The summed E-state index contributed by atoms with van der Waals surface area (Å²) in [5, 5.41) is 50.3. The number of carboxylic acid groups (broad SMARTS) is 1. The van der Waals surface area contributed by atoms with E-state index in [-0.39, 0.29) is 56.9 Å². The summed E-state index contributed by atoms with van der Waals surface area (Å²) in [7, 11) is 0. The number of nitrogens with two attached hydrogens (primary N) is 3. The van der Waals surface area contributed by atoms with Crippen LogP contribution in [0.1, 0.15) is 89.7 Å². The molecule has 0 unspecified atom stereocenters. The third-order valence-electron chi connectivity index (χ3n) is 11.8. The number of nitrogens with one attached hydrogen (secondary N) is 9. The third-order valence-corrected chi connectivity index (χ3v) is 11.8. The van der Waals surface area contributed by atoms with E-state index in [9.17, 15) is 63.3 Å². The molecule has 0 aliphatic carbocycles. The molecule has 0 aliphatic rings. The summed E-state index contributed by atoms with van der Waals surface area (Å²) >= 11 is 0. The van der Waals surface area contributed by atoms with E-state index in [1.165, 1.54) is 24.3 Å². The van der Waals surface area contributed by atoms with E-state index in [0.29, 0.717) is 36.8 Å². The number of rotatable bonds is 34. The number of aliphatic hydroxyl groups excluding tert-OH is 1. The Labute approximate surface area is 434 Å². The van der Waals surface area contributed by atoms with Crippen LogP contribution in [0.3, 0.4) is 0 Å². The van der Waals surface area contributed by atoms with Crippen LogP contribution < -0.4 is 59.7 Å². The van der Waals surface area contributed by atoms with Gasteiger partial charge in [-0.1, -0.05) is 44.2 Å². The van der Waals surface area contributed by atoms with Gasteiger partial charge in [-0.25, -0.2) is 0 Å². The minimum absolute atomic E-state index is 0.0111. The van der Waals surface area contributed by atoms with Gasteiger partial charge in [-0.05, 0) is 99.7 Å². The topological polar surface area (TPSA) is 421 Å². The third kappa shape index (κ3) is 21.8. The van der Waals surface area contributed by atoms with Gasteiger partial charge in [-0.2, -0.15) is 0 Å². The number of aromatic amines is 1. The highest BCUT2D eigenvalue weighted by molar-refractivity contribution is 5.98. The molecule has 3 rings (SSSR count). The number of carbonyl (C=O) groups excluding carboxylic acids is 9. The summed E-state index contributed by atoms with van der Waals surface area (Å²) in [6.07, 6.45) is 1.88. The second-order valence-electron chi connectivity index (χ2n) is 18.6. The van der Waals surface area contributed by atoms with Gasteiger partial charge in [0.25, 0.3) is 0 Å². The number of carbonyl (C=O) groups is 10. The van der Waals surface area contributed by atoms with Gasteiger partial charge in [-0.3, -0.25) is 47.9 Å². The Bertz CT molecular complexity index is 2410. The average molecular weight is 1050 g/mol. The molecule has 1 aromatic heterocycles. The quantitative estimate of drug-likeness (QED) is 0.0283. The van der Waals surface area contributed by atoms with Crippen molar-refractivity contribution in [2.24, 2.45) is 23.1 Å². The molecule has 0 aliphatic heterocycles. The second kappa shape index (κ2) is 31.8. The lowest BCUT2D eigenvalue weighted by Crippen LogP contribution is -2.60. The van der Waals surface area contributed by atoms with Crippen molar-refractivity contribution in [3.8, 4) is 5.75 Å². The fraction of sp³-hybridized carbons (Fsp3) is 0.520. The van der Waals surface area contributed by atoms with Crippen LogP contribution in [0.5, 0.6) is 5.75 Å². The smallest absolute Gasteiger partial charge is 0.303 e. The Hall–Kier alpha value is -7.64. The molecule has 3 aromatic rings. The van der Waals surface area contributed by atoms with E-state index in [4.69, 9.17) is 17.2 Å². The number of amides is 9. The fourth-order valence-electron chi connectivity index (χ4n) is 7.94. The molecule has 25 nitrogen and oxygen atoms in total. The van der Waals surface area contributed by atoms with Crippen LogP contribution in [0.25, 0.3) is 10.9 Å². The van der Waals surface area contributed by atoms with Crippen molar-refractivity contribution in [1.82, 2.24) is 47.5 Å². The molecule has 75 heavy (non-hydrogen) atoms. The van der Waals surface area contributed by atoms with Crippen LogP contribution in [0, 0.1) is 5.92 Å². The number of aromatic hydroxyl groups is 1. The molecule has 0 saturated heterocycles. The summed E-state index contributed by atoms with van der Waals surface area (Å²) in [5.74, 6) is -9.08. The zero-order chi connectivity index (χ0) is 55.6. The van der Waals surface area contributed by atoms with E-state index in [1.54, 1.807) is 20.0 Å². The van der Waals surface area contributed by atoms with E-state index in [1.807, 2.05) is 24.3 Å². The van der Waals surface area contributed by atoms with Gasteiger partial charge < -0.3 is 80.0 Å². The van der Waals surface area contributed by atoms with E-state index < -0.39 is 127 Å².